The SMILES string of the molecule is CC(F)(F)c1ccc(Oc2ccc(C3CCCN4CCS(=O)(=O)N=C34)cc2)cc1. The molecule has 0 aromatic heterocycles. The maximum atomic E-state index is 13.3. The third-order valence-corrected chi connectivity index (χ3v) is 6.45. The summed E-state index contributed by atoms with van der Waals surface area (Å²) in [7, 11) is -3.39. The van der Waals surface area contributed by atoms with Crippen LogP contribution in [0.3, 0.4) is 0 Å². The lowest BCUT2D eigenvalue weighted by Gasteiger charge is -2.37. The van der Waals surface area contributed by atoms with Crippen molar-refractivity contribution < 1.29 is 21.9 Å². The van der Waals surface area contributed by atoms with Crippen molar-refractivity contribution in [3.8, 4) is 11.5 Å². The largest absolute Gasteiger partial charge is 0.457 e. The van der Waals surface area contributed by atoms with Crippen molar-refractivity contribution in [2.45, 2.75) is 31.6 Å². The smallest absolute Gasteiger partial charge is 0.270 e. The standard InChI is InChI=1S/C21H22F2N2O3S/c1-21(22,23)16-6-10-18(11-7-16)28-17-8-4-15(5-9-17)19-3-2-12-25-13-14-29(26,27)24-20(19)25/h4-11,19H,2-3,12-14H2,1H3. The van der Waals surface area contributed by atoms with Gasteiger partial charge in [-0.2, -0.15) is 0 Å². The van der Waals surface area contributed by atoms with Crippen LogP contribution in [0.4, 0.5) is 8.78 Å². The number of alkyl halides is 2. The molecule has 5 nitrogen and oxygen atoms in total. The Morgan fingerprint density at radius 1 is 1.03 bits per heavy atom. The summed E-state index contributed by atoms with van der Waals surface area (Å²) in [5.74, 6) is -1.19. The average molecular weight is 420 g/mol. The van der Waals surface area contributed by atoms with Crippen molar-refractivity contribution in [2.75, 3.05) is 18.8 Å². The molecule has 0 aliphatic carbocycles. The van der Waals surface area contributed by atoms with E-state index in [4.69, 9.17) is 4.74 Å². The number of sulfonamides is 1. The molecule has 0 spiro atoms. The molecule has 0 amide bonds. The number of hydrogen-bond acceptors (Lipinski definition) is 4. The Bertz CT molecular complexity index is 1010. The van der Waals surface area contributed by atoms with Crippen molar-refractivity contribution in [2.24, 2.45) is 4.40 Å². The van der Waals surface area contributed by atoms with E-state index >= 15 is 0 Å². The topological polar surface area (TPSA) is 59.0 Å². The molecule has 0 saturated carbocycles. The third-order valence-electron chi connectivity index (χ3n) is 5.29. The summed E-state index contributed by atoms with van der Waals surface area (Å²) < 4.78 is 60.3. The van der Waals surface area contributed by atoms with E-state index in [2.05, 4.69) is 9.30 Å². The van der Waals surface area contributed by atoms with Crippen LogP contribution in [0.25, 0.3) is 0 Å². The van der Waals surface area contributed by atoms with Gasteiger partial charge in [0, 0.05) is 31.5 Å². The van der Waals surface area contributed by atoms with Gasteiger partial charge < -0.3 is 9.64 Å². The first-order valence-electron chi connectivity index (χ1n) is 9.55. The molecule has 154 valence electrons. The molecule has 4 rings (SSSR count). The minimum atomic E-state index is -3.39. The van der Waals surface area contributed by atoms with Crippen molar-refractivity contribution in [3.63, 3.8) is 0 Å². The molecule has 0 N–H and O–H groups in total. The predicted octanol–water partition coefficient (Wildman–Crippen LogP) is 4.51. The van der Waals surface area contributed by atoms with Crippen LogP contribution in [0.15, 0.2) is 52.9 Å². The molecule has 2 aromatic rings. The summed E-state index contributed by atoms with van der Waals surface area (Å²) in [6, 6.07) is 13.1. The van der Waals surface area contributed by atoms with Gasteiger partial charge in [0.2, 0.25) is 0 Å². The minimum absolute atomic E-state index is 0.0565. The Morgan fingerprint density at radius 3 is 2.28 bits per heavy atom. The molecule has 0 radical (unpaired) electrons. The highest BCUT2D eigenvalue weighted by atomic mass is 32.2. The fourth-order valence-corrected chi connectivity index (χ4v) is 4.82. The monoisotopic (exact) mass is 420 g/mol. The van der Waals surface area contributed by atoms with Gasteiger partial charge in [0.1, 0.15) is 17.3 Å². The van der Waals surface area contributed by atoms with Crippen molar-refractivity contribution >= 4 is 15.9 Å². The van der Waals surface area contributed by atoms with Gasteiger partial charge in [0.05, 0.1) is 5.75 Å². The van der Waals surface area contributed by atoms with Crippen LogP contribution in [0.1, 0.15) is 36.8 Å². The molecule has 0 bridgehead atoms. The van der Waals surface area contributed by atoms with Crippen LogP contribution in [-0.4, -0.2) is 38.0 Å². The zero-order valence-electron chi connectivity index (χ0n) is 16.0. The zero-order valence-corrected chi connectivity index (χ0v) is 16.8. The first-order chi connectivity index (χ1) is 13.7. The molecule has 1 saturated heterocycles. The quantitative estimate of drug-likeness (QED) is 0.730. The lowest BCUT2D eigenvalue weighted by molar-refractivity contribution is 0.0174. The average Bonchev–Trinajstić information content (AvgIpc) is 2.67. The Hall–Kier alpha value is -2.48. The molecule has 29 heavy (non-hydrogen) atoms. The van der Waals surface area contributed by atoms with E-state index in [-0.39, 0.29) is 17.2 Å². The molecular weight excluding hydrogens is 398 g/mol. The van der Waals surface area contributed by atoms with Crippen LogP contribution in [0.5, 0.6) is 11.5 Å². The minimum Gasteiger partial charge on any atom is -0.457 e. The number of ether oxygens (including phenoxy) is 1. The van der Waals surface area contributed by atoms with E-state index in [1.54, 1.807) is 12.1 Å². The van der Waals surface area contributed by atoms with Gasteiger partial charge in [-0.25, -0.2) is 17.2 Å². The van der Waals surface area contributed by atoms with Gasteiger partial charge in [0.25, 0.3) is 15.9 Å². The first kappa shape index (κ1) is 19.8. The van der Waals surface area contributed by atoms with Gasteiger partial charge in [-0.05, 0) is 54.8 Å². The lowest BCUT2D eigenvalue weighted by atomic mass is 9.89. The molecule has 1 fully saturated rings. The Labute approximate surface area is 169 Å². The van der Waals surface area contributed by atoms with E-state index in [0.29, 0.717) is 23.9 Å². The summed E-state index contributed by atoms with van der Waals surface area (Å²) in [5, 5.41) is 0. The van der Waals surface area contributed by atoms with Crippen molar-refractivity contribution in [1.29, 1.82) is 0 Å². The Morgan fingerprint density at radius 2 is 1.66 bits per heavy atom. The van der Waals surface area contributed by atoms with Gasteiger partial charge in [-0.15, -0.1) is 4.40 Å². The second kappa shape index (κ2) is 7.40. The van der Waals surface area contributed by atoms with E-state index in [0.717, 1.165) is 31.9 Å². The number of benzene rings is 2. The molecule has 2 heterocycles. The highest BCUT2D eigenvalue weighted by Gasteiger charge is 2.33. The zero-order chi connectivity index (χ0) is 20.6. The Kier molecular flexibility index (Phi) is 5.06. The number of hydrogen-bond donors (Lipinski definition) is 0. The molecular formula is C21H22F2N2O3S. The second-order valence-electron chi connectivity index (χ2n) is 7.50. The van der Waals surface area contributed by atoms with Crippen molar-refractivity contribution in [1.82, 2.24) is 4.90 Å². The van der Waals surface area contributed by atoms with Crippen molar-refractivity contribution in [3.05, 3.63) is 59.7 Å². The second-order valence-corrected chi connectivity index (χ2v) is 9.26. The number of halogens is 2. The maximum absolute atomic E-state index is 13.3. The molecule has 1 atom stereocenters. The van der Waals surface area contributed by atoms with E-state index in [1.807, 2.05) is 12.1 Å². The highest BCUT2D eigenvalue weighted by Crippen LogP contribution is 2.33. The first-order valence-corrected chi connectivity index (χ1v) is 11.2. The van der Waals surface area contributed by atoms with E-state index < -0.39 is 15.9 Å². The summed E-state index contributed by atoms with van der Waals surface area (Å²) in [4.78, 5) is 2.06. The molecule has 8 heteroatoms. The highest BCUT2D eigenvalue weighted by molar-refractivity contribution is 7.90. The summed E-state index contributed by atoms with van der Waals surface area (Å²) >= 11 is 0. The molecule has 2 aliphatic rings. The number of piperidine rings is 1. The third kappa shape index (κ3) is 4.42. The summed E-state index contributed by atoms with van der Waals surface area (Å²) in [6.45, 7) is 2.18. The normalized spacial score (nSPS) is 21.3. The molecule has 2 aliphatic heterocycles. The van der Waals surface area contributed by atoms with Crippen LogP contribution in [-0.2, 0) is 15.9 Å². The lowest BCUT2D eigenvalue weighted by Crippen LogP contribution is -2.46. The number of rotatable bonds is 4. The van der Waals surface area contributed by atoms with Gasteiger partial charge in [-0.3, -0.25) is 0 Å². The summed E-state index contributed by atoms with van der Waals surface area (Å²) in [5.41, 5.74) is 0.920. The fourth-order valence-electron chi connectivity index (χ4n) is 3.75. The Balaban J connectivity index is 1.51. The van der Waals surface area contributed by atoms with Crippen LogP contribution < -0.4 is 4.74 Å². The summed E-state index contributed by atoms with van der Waals surface area (Å²) in [6.07, 6.45) is 1.83. The van der Waals surface area contributed by atoms with Crippen LogP contribution >= 0.6 is 0 Å². The van der Waals surface area contributed by atoms with E-state index in [9.17, 15) is 17.2 Å². The van der Waals surface area contributed by atoms with Gasteiger partial charge in [0.15, 0.2) is 0 Å². The van der Waals surface area contributed by atoms with Crippen LogP contribution in [0.2, 0.25) is 0 Å². The number of amidine groups is 1. The van der Waals surface area contributed by atoms with Gasteiger partial charge in [-0.1, -0.05) is 12.1 Å². The predicted molar refractivity (Wildman–Crippen MR) is 107 cm³/mol. The van der Waals surface area contributed by atoms with E-state index in [1.165, 1.54) is 24.3 Å². The molecule has 1 unspecified atom stereocenters. The number of nitrogens with zero attached hydrogens (tertiary/aromatic N) is 2. The fraction of sp³-hybridized carbons (Fsp3) is 0.381. The van der Waals surface area contributed by atoms with Gasteiger partial charge >= 0.3 is 0 Å². The number of fused-ring (bicyclic) bond motifs is 1. The maximum Gasteiger partial charge on any atom is 0.270 e. The molecule has 2 aromatic carbocycles. The van der Waals surface area contributed by atoms with Crippen LogP contribution in [0, 0.1) is 0 Å².